The van der Waals surface area contributed by atoms with Gasteiger partial charge in [-0.3, -0.25) is 9.59 Å². The average Bonchev–Trinajstić information content (AvgIpc) is 3.13. The second kappa shape index (κ2) is 7.31. The second-order valence-corrected chi connectivity index (χ2v) is 9.55. The van der Waals surface area contributed by atoms with E-state index in [1.54, 1.807) is 13.2 Å². The van der Waals surface area contributed by atoms with E-state index in [0.717, 1.165) is 6.42 Å². The Morgan fingerprint density at radius 1 is 0.818 bits per heavy atom. The smallest absolute Gasteiger partial charge is 0.238 e. The number of anilines is 1. The Morgan fingerprint density at radius 2 is 1.45 bits per heavy atom. The first kappa shape index (κ1) is 20.2. The molecular formula is C29H27NO3. The van der Waals surface area contributed by atoms with Crippen LogP contribution in [0.15, 0.2) is 66.7 Å². The molecular weight excluding hydrogens is 410 g/mol. The van der Waals surface area contributed by atoms with Crippen molar-refractivity contribution in [1.29, 1.82) is 0 Å². The number of methoxy groups -OCH3 is 1. The maximum atomic E-state index is 13.9. The number of hydrogen-bond acceptors (Lipinski definition) is 3. The first-order chi connectivity index (χ1) is 16.0. The third-order valence-electron chi connectivity index (χ3n) is 8.06. The standard InChI is InChI=1S/C29H27NO3/c1-4-16(2)17-12-13-22-23(14-17)25-21-11-6-5-10-20(21)24(22)26-27(25)29(32)30(28(26)31)18-8-7-9-19(15-18)33-3/h5-16,24-27H,4H2,1-3H3/t16-,24+,25+,26+,27-/m1/s1. The zero-order chi connectivity index (χ0) is 22.9. The fourth-order valence-corrected chi connectivity index (χ4v) is 6.29. The van der Waals surface area contributed by atoms with Gasteiger partial charge in [-0.05, 0) is 52.3 Å². The molecule has 0 spiro atoms. The lowest BCUT2D eigenvalue weighted by Gasteiger charge is -2.46. The summed E-state index contributed by atoms with van der Waals surface area (Å²) in [6.07, 6.45) is 1.07. The van der Waals surface area contributed by atoms with Gasteiger partial charge in [0, 0.05) is 17.9 Å². The molecule has 3 aromatic carbocycles. The predicted octanol–water partition coefficient (Wildman–Crippen LogP) is 5.61. The van der Waals surface area contributed by atoms with Gasteiger partial charge in [-0.25, -0.2) is 4.90 Å². The topological polar surface area (TPSA) is 46.6 Å². The average molecular weight is 438 g/mol. The molecule has 0 unspecified atom stereocenters. The van der Waals surface area contributed by atoms with E-state index < -0.39 is 0 Å². The second-order valence-electron chi connectivity index (χ2n) is 9.55. The molecule has 166 valence electrons. The number of imide groups is 1. The minimum absolute atomic E-state index is 0.0933. The molecule has 0 radical (unpaired) electrons. The Hall–Kier alpha value is -3.40. The summed E-state index contributed by atoms with van der Waals surface area (Å²) in [4.78, 5) is 29.2. The SMILES string of the molecule is CC[C@@H](C)c1ccc2c(c1)[C@@H]1c3ccccc3[C@@H]2[C@@H]2C(=O)N(c3cccc(OC)c3)C(=O)[C@H]12. The van der Waals surface area contributed by atoms with Crippen LogP contribution in [0.1, 0.15) is 65.8 Å². The van der Waals surface area contributed by atoms with Crippen molar-refractivity contribution >= 4 is 17.5 Å². The van der Waals surface area contributed by atoms with Crippen molar-refractivity contribution in [3.8, 4) is 5.75 Å². The maximum Gasteiger partial charge on any atom is 0.238 e. The maximum absolute atomic E-state index is 13.9. The van der Waals surface area contributed by atoms with Crippen molar-refractivity contribution in [2.75, 3.05) is 12.0 Å². The molecule has 3 aliphatic carbocycles. The van der Waals surface area contributed by atoms with Gasteiger partial charge in [0.15, 0.2) is 0 Å². The molecule has 5 atom stereocenters. The molecule has 0 N–H and O–H groups in total. The van der Waals surface area contributed by atoms with Gasteiger partial charge in [0.1, 0.15) is 5.75 Å². The lowest BCUT2D eigenvalue weighted by atomic mass is 9.54. The lowest BCUT2D eigenvalue weighted by Crippen LogP contribution is -2.41. The normalized spacial score (nSPS) is 25.5. The number of rotatable bonds is 4. The van der Waals surface area contributed by atoms with Crippen molar-refractivity contribution in [2.24, 2.45) is 11.8 Å². The fourth-order valence-electron chi connectivity index (χ4n) is 6.29. The third kappa shape index (κ3) is 2.70. The van der Waals surface area contributed by atoms with Crippen LogP contribution in [0.2, 0.25) is 0 Å². The summed E-state index contributed by atoms with van der Waals surface area (Å²) in [6.45, 7) is 4.45. The molecule has 1 heterocycles. The van der Waals surface area contributed by atoms with Gasteiger partial charge in [0.2, 0.25) is 11.8 Å². The molecule has 1 fully saturated rings. The van der Waals surface area contributed by atoms with Crippen LogP contribution < -0.4 is 9.64 Å². The van der Waals surface area contributed by atoms with Crippen LogP contribution in [0.5, 0.6) is 5.75 Å². The summed E-state index contributed by atoms with van der Waals surface area (Å²) >= 11 is 0. The number of carbonyl (C=O) groups is 2. The van der Waals surface area contributed by atoms with E-state index in [1.807, 2.05) is 30.3 Å². The highest BCUT2D eigenvalue weighted by Crippen LogP contribution is 2.61. The highest BCUT2D eigenvalue weighted by molar-refractivity contribution is 6.23. The quantitative estimate of drug-likeness (QED) is 0.499. The summed E-state index contributed by atoms with van der Waals surface area (Å²) in [7, 11) is 1.59. The molecule has 1 aliphatic heterocycles. The summed E-state index contributed by atoms with van der Waals surface area (Å²) < 4.78 is 5.36. The van der Waals surface area contributed by atoms with Gasteiger partial charge < -0.3 is 4.74 Å². The highest BCUT2D eigenvalue weighted by Gasteiger charge is 2.61. The highest BCUT2D eigenvalue weighted by atomic mass is 16.5. The van der Waals surface area contributed by atoms with E-state index in [-0.39, 0.29) is 35.5 Å². The number of hydrogen-bond donors (Lipinski definition) is 0. The van der Waals surface area contributed by atoms with E-state index in [4.69, 9.17) is 4.74 Å². The van der Waals surface area contributed by atoms with Crippen LogP contribution in [0, 0.1) is 11.8 Å². The number of carbonyl (C=O) groups excluding carboxylic acids is 2. The van der Waals surface area contributed by atoms with Crippen LogP contribution in [0.3, 0.4) is 0 Å². The zero-order valence-electron chi connectivity index (χ0n) is 19.1. The Balaban J connectivity index is 1.53. The van der Waals surface area contributed by atoms with Gasteiger partial charge in [-0.15, -0.1) is 0 Å². The number of ether oxygens (including phenoxy) is 1. The van der Waals surface area contributed by atoms with E-state index in [0.29, 0.717) is 17.4 Å². The minimum Gasteiger partial charge on any atom is -0.497 e. The van der Waals surface area contributed by atoms with Crippen LogP contribution in [-0.2, 0) is 9.59 Å². The van der Waals surface area contributed by atoms with E-state index in [1.165, 1.54) is 32.7 Å². The van der Waals surface area contributed by atoms with Gasteiger partial charge in [-0.2, -0.15) is 0 Å². The third-order valence-corrected chi connectivity index (χ3v) is 8.06. The summed E-state index contributed by atoms with van der Waals surface area (Å²) in [5.74, 6) is -0.0335. The first-order valence-electron chi connectivity index (χ1n) is 11.8. The first-order valence-corrected chi connectivity index (χ1v) is 11.8. The summed E-state index contributed by atoms with van der Waals surface area (Å²) in [5.41, 5.74) is 6.73. The Bertz CT molecular complexity index is 1300. The molecule has 2 bridgehead atoms. The Kier molecular flexibility index (Phi) is 4.48. The van der Waals surface area contributed by atoms with Crippen molar-refractivity contribution in [3.63, 3.8) is 0 Å². The van der Waals surface area contributed by atoms with E-state index in [2.05, 4.69) is 44.2 Å². The molecule has 4 heteroatoms. The molecule has 2 amide bonds. The minimum atomic E-state index is -0.372. The van der Waals surface area contributed by atoms with Crippen LogP contribution in [0.4, 0.5) is 5.69 Å². The van der Waals surface area contributed by atoms with Gasteiger partial charge in [0.05, 0.1) is 24.6 Å². The molecule has 0 aromatic heterocycles. The van der Waals surface area contributed by atoms with E-state index >= 15 is 0 Å². The van der Waals surface area contributed by atoms with Gasteiger partial charge in [-0.1, -0.05) is 62.4 Å². The molecule has 4 nitrogen and oxygen atoms in total. The molecule has 1 saturated heterocycles. The number of benzene rings is 3. The molecule has 3 aromatic rings. The number of nitrogens with zero attached hydrogens (tertiary/aromatic N) is 1. The van der Waals surface area contributed by atoms with E-state index in [9.17, 15) is 9.59 Å². The lowest BCUT2D eigenvalue weighted by molar-refractivity contribution is -0.122. The molecule has 4 aliphatic rings. The molecule has 0 saturated carbocycles. The predicted molar refractivity (Wildman–Crippen MR) is 128 cm³/mol. The monoisotopic (exact) mass is 437 g/mol. The van der Waals surface area contributed by atoms with Gasteiger partial charge >= 0.3 is 0 Å². The van der Waals surface area contributed by atoms with Crippen molar-refractivity contribution in [1.82, 2.24) is 0 Å². The number of amides is 2. The van der Waals surface area contributed by atoms with Gasteiger partial charge in [0.25, 0.3) is 0 Å². The van der Waals surface area contributed by atoms with Crippen LogP contribution >= 0.6 is 0 Å². The molecule has 7 rings (SSSR count). The Morgan fingerprint density at radius 3 is 2.09 bits per heavy atom. The largest absolute Gasteiger partial charge is 0.497 e. The Labute approximate surface area is 194 Å². The summed E-state index contributed by atoms with van der Waals surface area (Å²) in [5, 5.41) is 0. The zero-order valence-corrected chi connectivity index (χ0v) is 19.1. The van der Waals surface area contributed by atoms with Crippen molar-refractivity contribution in [3.05, 3.63) is 94.5 Å². The van der Waals surface area contributed by atoms with Crippen LogP contribution in [0.25, 0.3) is 0 Å². The van der Waals surface area contributed by atoms with Crippen LogP contribution in [-0.4, -0.2) is 18.9 Å². The summed E-state index contributed by atoms with van der Waals surface area (Å²) in [6, 6.07) is 22.4. The fraction of sp³-hybridized carbons (Fsp3) is 0.310. The van der Waals surface area contributed by atoms with Crippen molar-refractivity contribution < 1.29 is 14.3 Å². The van der Waals surface area contributed by atoms with Crippen molar-refractivity contribution in [2.45, 2.75) is 38.0 Å². The molecule has 33 heavy (non-hydrogen) atoms.